The number of rotatable bonds is 8. The molecule has 0 saturated carbocycles. The first-order valence-corrected chi connectivity index (χ1v) is 9.13. The molecule has 1 aliphatic heterocycles. The van der Waals surface area contributed by atoms with E-state index in [2.05, 4.69) is 15.3 Å². The minimum atomic E-state index is -3.02. The smallest absolute Gasteiger partial charge is 1.00 e. The number of aliphatic carboxylic acids is 1. The first kappa shape index (κ1) is 25.9. The third-order valence-electron chi connectivity index (χ3n) is 4.56. The quantitative estimate of drug-likeness (QED) is 0.451. The molecule has 1 saturated heterocycles. The second-order valence-electron chi connectivity index (χ2n) is 6.55. The van der Waals surface area contributed by atoms with E-state index >= 15 is 0 Å². The molecule has 170 valence electrons. The van der Waals surface area contributed by atoms with Gasteiger partial charge in [-0.2, -0.15) is 9.97 Å². The summed E-state index contributed by atoms with van der Waals surface area (Å²) in [5.74, 6) is -3.07. The van der Waals surface area contributed by atoms with Gasteiger partial charge in [0.15, 0.2) is 6.29 Å². The predicted octanol–water partition coefficient (Wildman–Crippen LogP) is 0.992. The Bertz CT molecular complexity index is 969. The third-order valence-corrected chi connectivity index (χ3v) is 4.56. The molecule has 2 N–H and O–H groups in total. The van der Waals surface area contributed by atoms with Gasteiger partial charge in [-0.15, -0.1) is 0 Å². The van der Waals surface area contributed by atoms with E-state index in [1.165, 1.54) is 26.2 Å². The number of nitrogens with zero attached hydrogens (tertiary/aromatic N) is 2. The van der Waals surface area contributed by atoms with Gasteiger partial charge < -0.3 is 26.1 Å². The van der Waals surface area contributed by atoms with Gasteiger partial charge in [0.2, 0.25) is 6.17 Å². The number of nitrogens with one attached hydrogen (secondary N) is 1. The van der Waals surface area contributed by atoms with Crippen molar-refractivity contribution in [3.8, 4) is 6.01 Å². The number of hydrogen-bond donors (Lipinski definition) is 2. The number of benzene rings is 1. The van der Waals surface area contributed by atoms with Crippen molar-refractivity contribution in [2.45, 2.75) is 31.9 Å². The molecule has 13 heteroatoms. The van der Waals surface area contributed by atoms with E-state index in [0.29, 0.717) is 0 Å². The average Bonchev–Trinajstić information content (AvgIpc) is 3.26. The molecule has 32 heavy (non-hydrogen) atoms. The maximum Gasteiger partial charge on any atom is 1.00 e. The molecule has 1 unspecified atom stereocenters. The number of carboxylic acids is 1. The molecule has 0 spiro atoms. The Morgan fingerprint density at radius 2 is 1.88 bits per heavy atom. The standard InChI is InChI=1S/C19H19F4N3O5.Li.H/c1-8(9-4-3-5-10(12(9)20)15(22)23)24-16-11(18-30-6-7-31-18)14(13(21)17(27)28)25-19(26-16)29-2;;/h3-5,8,13,15,18H,6-7H2,1-2H3,(H,27,28)(H,24,25,26);;/q;+1;-1/t8-,13?;;/m1../s1. The van der Waals surface area contributed by atoms with Crippen molar-refractivity contribution >= 4 is 11.8 Å². The molecule has 2 aromatic rings. The number of carboxylic acid groups (broad SMARTS) is 1. The first-order chi connectivity index (χ1) is 14.7. The number of methoxy groups -OCH3 is 1. The van der Waals surface area contributed by atoms with Crippen LogP contribution < -0.4 is 28.9 Å². The summed E-state index contributed by atoms with van der Waals surface area (Å²) in [5.41, 5.74) is -1.59. The Kier molecular flexibility index (Phi) is 8.86. The molecule has 1 fully saturated rings. The van der Waals surface area contributed by atoms with Crippen LogP contribution in [0.4, 0.5) is 23.4 Å². The molecule has 0 bridgehead atoms. The minimum absolute atomic E-state index is 0. The molecule has 2 heterocycles. The molecular formula is C19H20F4LiN3O5. The van der Waals surface area contributed by atoms with Gasteiger partial charge in [0.25, 0.3) is 6.43 Å². The fourth-order valence-electron chi connectivity index (χ4n) is 3.09. The molecule has 0 amide bonds. The topological polar surface area (TPSA) is 103 Å². The van der Waals surface area contributed by atoms with Gasteiger partial charge in [0, 0.05) is 5.56 Å². The molecule has 0 aliphatic carbocycles. The Labute approximate surface area is 193 Å². The van der Waals surface area contributed by atoms with Gasteiger partial charge in [-0.1, -0.05) is 18.2 Å². The van der Waals surface area contributed by atoms with E-state index in [4.69, 9.17) is 19.3 Å². The Morgan fingerprint density at radius 3 is 2.44 bits per heavy atom. The molecule has 1 aliphatic rings. The number of ether oxygens (including phenoxy) is 3. The number of aromatic nitrogens is 2. The normalized spacial score (nSPS) is 15.8. The van der Waals surface area contributed by atoms with E-state index in [1.54, 1.807) is 0 Å². The summed E-state index contributed by atoms with van der Waals surface area (Å²) in [5, 5.41) is 11.9. The minimum Gasteiger partial charge on any atom is -1.00 e. The monoisotopic (exact) mass is 453 g/mol. The summed E-state index contributed by atoms with van der Waals surface area (Å²) >= 11 is 0. The zero-order valence-electron chi connectivity index (χ0n) is 18.4. The van der Waals surface area contributed by atoms with E-state index in [-0.39, 0.29) is 56.5 Å². The summed E-state index contributed by atoms with van der Waals surface area (Å²) in [6, 6.07) is 2.24. The second-order valence-corrected chi connectivity index (χ2v) is 6.55. The van der Waals surface area contributed by atoms with Gasteiger partial charge in [-0.05, 0) is 6.92 Å². The molecule has 0 radical (unpaired) electrons. The van der Waals surface area contributed by atoms with E-state index in [0.717, 1.165) is 6.07 Å². The van der Waals surface area contributed by atoms with Gasteiger partial charge >= 0.3 is 30.8 Å². The average molecular weight is 453 g/mol. The van der Waals surface area contributed by atoms with Crippen molar-refractivity contribution in [2.24, 2.45) is 0 Å². The van der Waals surface area contributed by atoms with Crippen molar-refractivity contribution in [3.05, 3.63) is 46.4 Å². The summed E-state index contributed by atoms with van der Waals surface area (Å²) in [6.07, 6.45) is -6.77. The van der Waals surface area contributed by atoms with E-state index in [1.807, 2.05) is 0 Å². The number of anilines is 1. The number of alkyl halides is 3. The van der Waals surface area contributed by atoms with Gasteiger partial charge in [-0.3, -0.25) is 0 Å². The van der Waals surface area contributed by atoms with Crippen LogP contribution >= 0.6 is 0 Å². The van der Waals surface area contributed by atoms with Crippen LogP contribution in [0.3, 0.4) is 0 Å². The van der Waals surface area contributed by atoms with Crippen LogP contribution in [0.1, 0.15) is 55.7 Å². The van der Waals surface area contributed by atoms with Crippen LogP contribution in [0.2, 0.25) is 0 Å². The summed E-state index contributed by atoms with van der Waals surface area (Å²) in [7, 11) is 1.19. The summed E-state index contributed by atoms with van der Waals surface area (Å²) < 4.78 is 70.9. The summed E-state index contributed by atoms with van der Waals surface area (Å²) in [4.78, 5) is 19.1. The zero-order chi connectivity index (χ0) is 22.7. The SMILES string of the molecule is COc1nc(N[C@H](C)c2cccc(C(F)F)c2F)c(C2OCCO2)c(C(F)C(=O)O)n1.[H-].[Li+]. The van der Waals surface area contributed by atoms with Crippen molar-refractivity contribution in [2.75, 3.05) is 25.6 Å². The molecule has 3 rings (SSSR count). The van der Waals surface area contributed by atoms with E-state index in [9.17, 15) is 22.4 Å². The molecule has 8 nitrogen and oxygen atoms in total. The van der Waals surface area contributed by atoms with Crippen LogP contribution in [0.25, 0.3) is 0 Å². The molecular weight excluding hydrogens is 433 g/mol. The molecule has 1 aromatic carbocycles. The largest absolute Gasteiger partial charge is 1.00 e. The van der Waals surface area contributed by atoms with Crippen molar-refractivity contribution in [3.63, 3.8) is 0 Å². The van der Waals surface area contributed by atoms with Gasteiger partial charge in [-0.25, -0.2) is 22.4 Å². The maximum absolute atomic E-state index is 14.6. The maximum atomic E-state index is 14.6. The van der Waals surface area contributed by atoms with Crippen LogP contribution in [0, 0.1) is 5.82 Å². The van der Waals surface area contributed by atoms with Crippen LogP contribution in [0.5, 0.6) is 6.01 Å². The van der Waals surface area contributed by atoms with Gasteiger partial charge in [0.1, 0.15) is 17.3 Å². The number of hydrogen-bond acceptors (Lipinski definition) is 7. The third kappa shape index (κ3) is 5.32. The Hall–Kier alpha value is -2.39. The number of halogens is 4. The predicted molar refractivity (Wildman–Crippen MR) is 99.2 cm³/mol. The second kappa shape index (κ2) is 11.0. The van der Waals surface area contributed by atoms with Crippen LogP contribution in [-0.4, -0.2) is 41.4 Å². The van der Waals surface area contributed by atoms with E-state index < -0.39 is 48.0 Å². The first-order valence-electron chi connectivity index (χ1n) is 9.13. The van der Waals surface area contributed by atoms with Crippen LogP contribution in [0.15, 0.2) is 18.2 Å². The van der Waals surface area contributed by atoms with Crippen molar-refractivity contribution in [1.82, 2.24) is 9.97 Å². The van der Waals surface area contributed by atoms with Gasteiger partial charge in [0.05, 0.1) is 37.5 Å². The number of carbonyl (C=O) groups is 1. The Morgan fingerprint density at radius 1 is 1.25 bits per heavy atom. The fourth-order valence-corrected chi connectivity index (χ4v) is 3.09. The fraction of sp³-hybridized carbons (Fsp3) is 0.421. The summed E-state index contributed by atoms with van der Waals surface area (Å²) in [6.45, 7) is 1.77. The Balaban J connectivity index is 0.00000272. The van der Waals surface area contributed by atoms with Crippen LogP contribution in [-0.2, 0) is 14.3 Å². The molecule has 1 aromatic heterocycles. The zero-order valence-corrected chi connectivity index (χ0v) is 17.4. The van der Waals surface area contributed by atoms with Crippen molar-refractivity contribution < 1.29 is 62.0 Å². The van der Waals surface area contributed by atoms with Crippen molar-refractivity contribution in [1.29, 1.82) is 0 Å². The molecule has 2 atom stereocenters.